The topological polar surface area (TPSA) is 71.8 Å². The number of rotatable bonds is 10. The van der Waals surface area contributed by atoms with Gasteiger partial charge in [0.05, 0.1) is 35.0 Å². The molecule has 0 bridgehead atoms. The van der Waals surface area contributed by atoms with Gasteiger partial charge in [-0.05, 0) is 118 Å². The number of nitrogen functional groups attached to an aromatic ring is 1. The van der Waals surface area contributed by atoms with Gasteiger partial charge in [0.1, 0.15) is 11.7 Å². The minimum absolute atomic E-state index is 0.599. The lowest BCUT2D eigenvalue weighted by atomic mass is 9.94. The van der Waals surface area contributed by atoms with E-state index in [0.717, 1.165) is 124 Å². The van der Waals surface area contributed by atoms with Gasteiger partial charge in [0, 0.05) is 33.6 Å². The quantitative estimate of drug-likeness (QED) is 0.0843. The van der Waals surface area contributed by atoms with Gasteiger partial charge in [0.25, 0.3) is 0 Å². The maximum absolute atomic E-state index is 6.68. The van der Waals surface area contributed by atoms with E-state index >= 15 is 0 Å². The van der Waals surface area contributed by atoms with Gasteiger partial charge < -0.3 is 10.6 Å². The molecule has 0 saturated heterocycles. The minimum atomic E-state index is 0.599. The van der Waals surface area contributed by atoms with Crippen molar-refractivity contribution in [1.82, 2.24) is 14.5 Å². The fourth-order valence-corrected chi connectivity index (χ4v) is 10.3. The van der Waals surface area contributed by atoms with Gasteiger partial charge in [-0.2, -0.15) is 0 Å². The fourth-order valence-electron chi connectivity index (χ4n) is 10.3. The van der Waals surface area contributed by atoms with Crippen molar-refractivity contribution in [3.63, 3.8) is 0 Å². The molecule has 2 aliphatic carbocycles. The van der Waals surface area contributed by atoms with Gasteiger partial charge in [0.2, 0.25) is 0 Å². The SMILES string of the molecule is C=N/C1=C(N2Cc3ccccc3N=C2c2ccc(-c3ccc4cc(-c5ccc(C(=C)n6c(-c7ccccc7N)nc7c6-c6ccccc6C/C=C\C7=C/C)cc5)ccc4c3)cc2)/C(=C/C=C\C=C\C)/C=C\C=C/C1=C. The molecule has 2 heterocycles. The van der Waals surface area contributed by atoms with Crippen LogP contribution in [0.5, 0.6) is 0 Å². The van der Waals surface area contributed by atoms with E-state index in [1.807, 2.05) is 79.8 Å². The number of aliphatic imine (C=N–C) groups is 2. The van der Waals surface area contributed by atoms with Crippen molar-refractivity contribution in [2.75, 3.05) is 5.73 Å². The van der Waals surface area contributed by atoms with Crippen molar-refractivity contribution in [2.45, 2.75) is 26.8 Å². The predicted octanol–water partition coefficient (Wildman–Crippen LogP) is 16.9. The number of nitrogens with two attached hydrogens (primary N) is 1. The highest BCUT2D eigenvalue weighted by molar-refractivity contribution is 6.04. The Labute approximate surface area is 440 Å². The Balaban J connectivity index is 0.896. The van der Waals surface area contributed by atoms with Gasteiger partial charge in [-0.25, -0.2) is 9.98 Å². The maximum Gasteiger partial charge on any atom is 0.147 e. The van der Waals surface area contributed by atoms with Crippen LogP contribution in [0.4, 0.5) is 11.4 Å². The standard InChI is InChI=1S/C69H56N6/c1-6-8-9-10-22-53-23-12-11-20-46(3)64(71-5)66(53)74-45-59-24-14-18-30-63(59)72-68(74)54-37-35-51(36-38-54)56-40-42-57-43-55(39-41-58(57)44-56)50-33-31-49(32-34-50)47(4)75-67-60-27-15-13-21-52(60)26-19-25-48(7-2)65(67)73-69(75)61-28-16-17-29-62(61)70/h6-25,27-44H,3-5,26,45,70H2,1-2H3/b8-6+,10-9-,20-11-,23-12-,25-19-,48-7+,53-22+,66-64-. The molecule has 0 amide bonds. The first-order valence-corrected chi connectivity index (χ1v) is 25.3. The summed E-state index contributed by atoms with van der Waals surface area (Å²) in [6, 6.07) is 55.7. The summed E-state index contributed by atoms with van der Waals surface area (Å²) in [4.78, 5) is 17.5. The molecule has 6 nitrogen and oxygen atoms in total. The second-order valence-corrected chi connectivity index (χ2v) is 18.7. The number of nitrogens with zero attached hydrogens (tertiary/aromatic N) is 5. The van der Waals surface area contributed by atoms with Crippen LogP contribution in [-0.2, 0) is 13.0 Å². The summed E-state index contributed by atoms with van der Waals surface area (Å²) < 4.78 is 2.21. The first-order chi connectivity index (χ1) is 36.8. The summed E-state index contributed by atoms with van der Waals surface area (Å²) in [5.74, 6) is 1.59. The number of para-hydroxylation sites is 2. The number of fused-ring (bicyclic) bond motifs is 5. The number of amidine groups is 1. The summed E-state index contributed by atoms with van der Waals surface area (Å²) >= 11 is 0. The smallest absolute Gasteiger partial charge is 0.147 e. The summed E-state index contributed by atoms with van der Waals surface area (Å²) in [5.41, 5.74) is 26.2. The van der Waals surface area contributed by atoms with Crippen molar-refractivity contribution in [3.05, 3.63) is 294 Å². The van der Waals surface area contributed by atoms with E-state index in [1.165, 1.54) is 5.56 Å². The van der Waals surface area contributed by atoms with E-state index < -0.39 is 0 Å². The molecule has 11 rings (SSSR count). The van der Waals surface area contributed by atoms with Crippen molar-refractivity contribution in [3.8, 4) is 44.9 Å². The number of allylic oxidation sites excluding steroid dienone is 13. The molecule has 0 spiro atoms. The van der Waals surface area contributed by atoms with E-state index in [9.17, 15) is 0 Å². The lowest BCUT2D eigenvalue weighted by Gasteiger charge is -2.34. The summed E-state index contributed by atoms with van der Waals surface area (Å²) in [6.07, 6.45) is 25.6. The van der Waals surface area contributed by atoms with Crippen LogP contribution in [0, 0.1) is 0 Å². The molecule has 1 aromatic heterocycles. The monoisotopic (exact) mass is 968 g/mol. The fraction of sp³-hybridized carbons (Fsp3) is 0.0580. The molecule has 75 heavy (non-hydrogen) atoms. The Hall–Kier alpha value is -9.65. The van der Waals surface area contributed by atoms with Crippen LogP contribution in [0.2, 0.25) is 0 Å². The maximum atomic E-state index is 6.68. The Morgan fingerprint density at radius 2 is 1.29 bits per heavy atom. The third-order valence-corrected chi connectivity index (χ3v) is 14.1. The van der Waals surface area contributed by atoms with Crippen LogP contribution < -0.4 is 5.73 Å². The van der Waals surface area contributed by atoms with Crippen molar-refractivity contribution >= 4 is 46.0 Å². The zero-order chi connectivity index (χ0) is 51.4. The normalized spacial score (nSPS) is 17.7. The van der Waals surface area contributed by atoms with Crippen LogP contribution in [0.25, 0.3) is 66.9 Å². The average molecular weight is 969 g/mol. The second-order valence-electron chi connectivity index (χ2n) is 18.7. The summed E-state index contributed by atoms with van der Waals surface area (Å²) in [7, 11) is 0. The van der Waals surface area contributed by atoms with E-state index in [2.05, 4.69) is 192 Å². The molecule has 7 aromatic carbocycles. The van der Waals surface area contributed by atoms with Crippen LogP contribution in [-0.4, -0.2) is 27.0 Å². The van der Waals surface area contributed by atoms with Crippen LogP contribution in [0.1, 0.15) is 41.8 Å². The van der Waals surface area contributed by atoms with Gasteiger partial charge in [-0.3, -0.25) is 9.56 Å². The third kappa shape index (κ3) is 9.26. The number of hydrogen-bond donors (Lipinski definition) is 1. The van der Waals surface area contributed by atoms with Gasteiger partial charge in [0.15, 0.2) is 0 Å². The van der Waals surface area contributed by atoms with Crippen LogP contribution in [0.3, 0.4) is 0 Å². The second kappa shape index (κ2) is 20.8. The first kappa shape index (κ1) is 47.7. The van der Waals surface area contributed by atoms with Crippen LogP contribution in [0.15, 0.2) is 276 Å². The molecular weight excluding hydrogens is 913 g/mol. The van der Waals surface area contributed by atoms with Gasteiger partial charge in [-0.15, -0.1) is 0 Å². The van der Waals surface area contributed by atoms with Crippen molar-refractivity contribution in [1.29, 1.82) is 0 Å². The molecule has 0 atom stereocenters. The Morgan fingerprint density at radius 3 is 2.00 bits per heavy atom. The highest BCUT2D eigenvalue weighted by atomic mass is 15.2. The third-order valence-electron chi connectivity index (χ3n) is 14.1. The van der Waals surface area contributed by atoms with Crippen molar-refractivity contribution < 1.29 is 0 Å². The van der Waals surface area contributed by atoms with E-state index in [0.29, 0.717) is 17.9 Å². The van der Waals surface area contributed by atoms with E-state index in [1.54, 1.807) is 0 Å². The molecule has 0 radical (unpaired) electrons. The molecule has 362 valence electrons. The Bertz CT molecular complexity index is 3890. The average Bonchev–Trinajstić information content (AvgIpc) is 3.85. The molecular formula is C69H56N6. The number of hydrogen-bond acceptors (Lipinski definition) is 5. The highest BCUT2D eigenvalue weighted by Crippen LogP contribution is 2.43. The molecule has 1 aliphatic heterocycles. The molecule has 0 fully saturated rings. The highest BCUT2D eigenvalue weighted by Gasteiger charge is 2.30. The largest absolute Gasteiger partial charge is 0.398 e. The van der Waals surface area contributed by atoms with Gasteiger partial charge in [-0.1, -0.05) is 213 Å². The van der Waals surface area contributed by atoms with Crippen molar-refractivity contribution in [2.24, 2.45) is 9.98 Å². The molecule has 0 unspecified atom stereocenters. The Kier molecular flexibility index (Phi) is 13.2. The molecule has 2 N–H and O–H groups in total. The summed E-state index contributed by atoms with van der Waals surface area (Å²) in [6.45, 7) is 17.8. The zero-order valence-corrected chi connectivity index (χ0v) is 42.3. The minimum Gasteiger partial charge on any atom is -0.398 e. The number of aromatic nitrogens is 2. The predicted molar refractivity (Wildman–Crippen MR) is 317 cm³/mol. The van der Waals surface area contributed by atoms with Gasteiger partial charge >= 0.3 is 0 Å². The molecule has 3 aliphatic rings. The van der Waals surface area contributed by atoms with E-state index in [-0.39, 0.29) is 0 Å². The lowest BCUT2D eigenvalue weighted by molar-refractivity contribution is 0.506. The Morgan fingerprint density at radius 1 is 0.653 bits per heavy atom. The summed E-state index contributed by atoms with van der Waals surface area (Å²) in [5, 5.41) is 2.33. The first-order valence-electron chi connectivity index (χ1n) is 25.3. The number of anilines is 1. The molecule has 8 aromatic rings. The number of imidazole rings is 1. The lowest BCUT2D eigenvalue weighted by Crippen LogP contribution is -2.34. The van der Waals surface area contributed by atoms with Crippen LogP contribution >= 0.6 is 0 Å². The molecule has 0 saturated carbocycles. The number of benzene rings is 7. The zero-order valence-electron chi connectivity index (χ0n) is 42.3. The molecule has 6 heteroatoms. The van der Waals surface area contributed by atoms with E-state index in [4.69, 9.17) is 22.3 Å².